The van der Waals surface area contributed by atoms with E-state index < -0.39 is 54.9 Å². The molecule has 0 spiro atoms. The smallest absolute Gasteiger partial charge is 0.426 e. The molecule has 0 unspecified atom stereocenters. The third-order valence-electron chi connectivity index (χ3n) is 3.21. The minimum absolute atomic E-state index is 0.0345. The van der Waals surface area contributed by atoms with Gasteiger partial charge in [-0.2, -0.15) is 26.3 Å². The van der Waals surface area contributed by atoms with E-state index in [2.05, 4.69) is 9.47 Å². The standard InChI is InChI=1S/C13H9ClF6O4/c14-7-2-5-1-6(11(21)22)10(13(18,19)20)24-8(5)3-9(7)23-4-12(15,16)17/h2-3,6,10H,1,4H2,(H,21,22)/t6-,10+/m1/s1. The summed E-state index contributed by atoms with van der Waals surface area (Å²) < 4.78 is 84.4. The maximum absolute atomic E-state index is 12.9. The van der Waals surface area contributed by atoms with E-state index in [1.807, 2.05) is 0 Å². The Bertz CT molecular complexity index is 643. The first-order valence-electron chi connectivity index (χ1n) is 6.36. The van der Waals surface area contributed by atoms with Crippen LogP contribution in [0, 0.1) is 5.92 Å². The van der Waals surface area contributed by atoms with Crippen molar-refractivity contribution in [3.63, 3.8) is 0 Å². The number of rotatable bonds is 3. The fourth-order valence-corrected chi connectivity index (χ4v) is 2.43. The van der Waals surface area contributed by atoms with Crippen molar-refractivity contribution in [3.8, 4) is 11.5 Å². The van der Waals surface area contributed by atoms with Gasteiger partial charge in [-0.15, -0.1) is 0 Å². The lowest BCUT2D eigenvalue weighted by molar-refractivity contribution is -0.217. The van der Waals surface area contributed by atoms with Crippen molar-refractivity contribution in [2.24, 2.45) is 5.92 Å². The third kappa shape index (κ3) is 4.16. The van der Waals surface area contributed by atoms with Crippen molar-refractivity contribution in [1.82, 2.24) is 0 Å². The van der Waals surface area contributed by atoms with Crippen molar-refractivity contribution < 1.29 is 45.7 Å². The van der Waals surface area contributed by atoms with Gasteiger partial charge in [0.1, 0.15) is 17.4 Å². The van der Waals surface area contributed by atoms with Crippen LogP contribution in [0.5, 0.6) is 11.5 Å². The lowest BCUT2D eigenvalue weighted by atomic mass is 9.90. The highest BCUT2D eigenvalue weighted by molar-refractivity contribution is 6.32. The molecule has 2 rings (SSSR count). The van der Waals surface area contributed by atoms with Crippen LogP contribution >= 0.6 is 11.6 Å². The average molecular weight is 379 g/mol. The normalized spacial score (nSPS) is 21.0. The summed E-state index contributed by atoms with van der Waals surface area (Å²) in [4.78, 5) is 11.0. The number of carbonyl (C=O) groups is 1. The molecule has 1 aromatic carbocycles. The van der Waals surface area contributed by atoms with Gasteiger partial charge in [0, 0.05) is 6.07 Å². The van der Waals surface area contributed by atoms with Gasteiger partial charge < -0.3 is 14.6 Å². The van der Waals surface area contributed by atoms with E-state index in [1.165, 1.54) is 0 Å². The number of hydrogen-bond donors (Lipinski definition) is 1. The van der Waals surface area contributed by atoms with Crippen LogP contribution in [-0.4, -0.2) is 36.1 Å². The van der Waals surface area contributed by atoms with Crippen molar-refractivity contribution in [3.05, 3.63) is 22.7 Å². The van der Waals surface area contributed by atoms with Gasteiger partial charge in [0.15, 0.2) is 6.61 Å². The molecule has 2 atom stereocenters. The monoisotopic (exact) mass is 378 g/mol. The van der Waals surface area contributed by atoms with Gasteiger partial charge in [0.05, 0.1) is 5.02 Å². The number of fused-ring (bicyclic) bond motifs is 1. The van der Waals surface area contributed by atoms with E-state index in [0.29, 0.717) is 0 Å². The first-order chi connectivity index (χ1) is 10.9. The zero-order chi connectivity index (χ0) is 18.3. The number of ether oxygens (including phenoxy) is 2. The van der Waals surface area contributed by atoms with Gasteiger partial charge in [-0.25, -0.2) is 0 Å². The molecule has 11 heteroatoms. The molecule has 24 heavy (non-hydrogen) atoms. The summed E-state index contributed by atoms with van der Waals surface area (Å²) in [5.74, 6) is -4.54. The van der Waals surface area contributed by atoms with E-state index in [-0.39, 0.29) is 10.6 Å². The Labute approximate surface area is 135 Å². The molecule has 1 heterocycles. The molecule has 1 aliphatic heterocycles. The number of benzene rings is 1. The van der Waals surface area contributed by atoms with Crippen LogP contribution in [0.25, 0.3) is 0 Å². The molecule has 1 N–H and O–H groups in total. The summed E-state index contributed by atoms with van der Waals surface area (Å²) in [5.41, 5.74) is 0.0345. The van der Waals surface area contributed by atoms with E-state index in [9.17, 15) is 31.1 Å². The minimum Gasteiger partial charge on any atom is -0.482 e. The molecule has 0 aromatic heterocycles. The van der Waals surface area contributed by atoms with E-state index in [4.69, 9.17) is 16.7 Å². The summed E-state index contributed by atoms with van der Waals surface area (Å²) in [7, 11) is 0. The predicted octanol–water partition coefficient (Wildman–Crippen LogP) is 3.85. The lowest BCUT2D eigenvalue weighted by Gasteiger charge is -2.32. The van der Waals surface area contributed by atoms with E-state index in [1.54, 1.807) is 0 Å². The van der Waals surface area contributed by atoms with Crippen LogP contribution in [0.1, 0.15) is 5.56 Å². The molecular formula is C13H9ClF6O4. The number of carboxylic acid groups (broad SMARTS) is 1. The van der Waals surface area contributed by atoms with Gasteiger partial charge in [0.2, 0.25) is 6.10 Å². The molecule has 0 radical (unpaired) electrons. The quantitative estimate of drug-likeness (QED) is 0.812. The molecule has 0 saturated heterocycles. The second kappa shape index (κ2) is 6.23. The summed E-state index contributed by atoms with van der Waals surface area (Å²) in [5, 5.41) is 8.64. The zero-order valence-electron chi connectivity index (χ0n) is 11.5. The second-order valence-corrected chi connectivity index (χ2v) is 5.43. The van der Waals surface area contributed by atoms with Gasteiger partial charge in [-0.1, -0.05) is 11.6 Å². The molecule has 1 aromatic rings. The van der Waals surface area contributed by atoms with E-state index >= 15 is 0 Å². The Hall–Kier alpha value is -1.84. The van der Waals surface area contributed by atoms with Crippen molar-refractivity contribution >= 4 is 17.6 Å². The highest BCUT2D eigenvalue weighted by atomic mass is 35.5. The van der Waals surface area contributed by atoms with Crippen LogP contribution in [0.15, 0.2) is 12.1 Å². The zero-order valence-corrected chi connectivity index (χ0v) is 12.3. The Morgan fingerprint density at radius 2 is 1.92 bits per heavy atom. The molecular weight excluding hydrogens is 370 g/mol. The molecule has 4 nitrogen and oxygen atoms in total. The van der Waals surface area contributed by atoms with Gasteiger partial charge >= 0.3 is 18.3 Å². The summed E-state index contributed by atoms with van der Waals surface area (Å²) >= 11 is 5.73. The van der Waals surface area contributed by atoms with Gasteiger partial charge in [0.25, 0.3) is 0 Å². The first kappa shape index (κ1) is 18.5. The van der Waals surface area contributed by atoms with Crippen LogP contribution in [0.3, 0.4) is 0 Å². The Morgan fingerprint density at radius 3 is 2.42 bits per heavy atom. The number of alkyl halides is 6. The summed E-state index contributed by atoms with van der Waals surface area (Å²) in [6.45, 7) is -1.69. The summed E-state index contributed by atoms with van der Waals surface area (Å²) in [6, 6.07) is 1.82. The lowest BCUT2D eigenvalue weighted by Crippen LogP contribution is -2.47. The van der Waals surface area contributed by atoms with Crippen LogP contribution < -0.4 is 9.47 Å². The molecule has 0 amide bonds. The predicted molar refractivity (Wildman–Crippen MR) is 68.3 cm³/mol. The van der Waals surface area contributed by atoms with E-state index in [0.717, 1.165) is 12.1 Å². The largest absolute Gasteiger partial charge is 0.482 e. The fourth-order valence-electron chi connectivity index (χ4n) is 2.19. The van der Waals surface area contributed by atoms with Gasteiger partial charge in [-0.05, 0) is 18.1 Å². The highest BCUT2D eigenvalue weighted by Gasteiger charge is 2.52. The maximum Gasteiger partial charge on any atom is 0.426 e. The van der Waals surface area contributed by atoms with Crippen LogP contribution in [0.4, 0.5) is 26.3 Å². The first-order valence-corrected chi connectivity index (χ1v) is 6.74. The van der Waals surface area contributed by atoms with Crippen molar-refractivity contribution in [1.29, 1.82) is 0 Å². The number of halogens is 7. The molecule has 134 valence electrons. The number of hydrogen-bond acceptors (Lipinski definition) is 3. The van der Waals surface area contributed by atoms with Crippen LogP contribution in [0.2, 0.25) is 5.02 Å². The Kier molecular flexibility index (Phi) is 4.80. The highest BCUT2D eigenvalue weighted by Crippen LogP contribution is 2.42. The molecule has 0 aliphatic carbocycles. The molecule has 0 saturated carbocycles. The Balaban J connectivity index is 2.34. The van der Waals surface area contributed by atoms with Crippen molar-refractivity contribution in [2.45, 2.75) is 24.9 Å². The average Bonchev–Trinajstić information content (AvgIpc) is 2.41. The molecule has 0 bridgehead atoms. The fraction of sp³-hybridized carbons (Fsp3) is 0.462. The summed E-state index contributed by atoms with van der Waals surface area (Å²) in [6.07, 6.45) is -12.8. The topological polar surface area (TPSA) is 55.8 Å². The number of carboxylic acids is 1. The maximum atomic E-state index is 12.9. The SMILES string of the molecule is O=C(O)[C@@H]1Cc2cc(Cl)c(OCC(F)(F)F)cc2O[C@@H]1C(F)(F)F. The molecule has 0 fully saturated rings. The minimum atomic E-state index is -4.96. The molecule has 1 aliphatic rings. The third-order valence-corrected chi connectivity index (χ3v) is 3.50. The Morgan fingerprint density at radius 1 is 1.29 bits per heavy atom. The van der Waals surface area contributed by atoms with Crippen LogP contribution in [-0.2, 0) is 11.2 Å². The second-order valence-electron chi connectivity index (χ2n) is 5.02. The van der Waals surface area contributed by atoms with Gasteiger partial charge in [-0.3, -0.25) is 4.79 Å². The number of aliphatic carboxylic acids is 1. The van der Waals surface area contributed by atoms with Crippen molar-refractivity contribution in [2.75, 3.05) is 6.61 Å².